The van der Waals surface area contributed by atoms with Gasteiger partial charge in [-0.25, -0.2) is 0 Å². The van der Waals surface area contributed by atoms with Crippen LogP contribution in [0.4, 0.5) is 0 Å². The van der Waals surface area contributed by atoms with Gasteiger partial charge in [0.05, 0.1) is 8.07 Å². The zero-order valence-corrected chi connectivity index (χ0v) is 15.3. The first-order chi connectivity index (χ1) is 10.0. The molecule has 118 valence electrons. The van der Waals surface area contributed by atoms with E-state index in [1.54, 1.807) is 5.19 Å². The summed E-state index contributed by atoms with van der Waals surface area (Å²) in [5.41, 5.74) is 1.48. The molecular weight excluding hydrogens is 272 g/mol. The Balaban J connectivity index is 2.02. The van der Waals surface area contributed by atoms with E-state index in [0.717, 1.165) is 12.6 Å². The average molecular weight is 305 g/mol. The van der Waals surface area contributed by atoms with Crippen LogP contribution in [0.25, 0.3) is 0 Å². The lowest BCUT2D eigenvalue weighted by molar-refractivity contribution is 0.154. The van der Waals surface area contributed by atoms with Crippen LogP contribution in [-0.4, -0.2) is 38.6 Å². The lowest BCUT2D eigenvalue weighted by Gasteiger charge is -2.34. The third-order valence-corrected chi connectivity index (χ3v) is 6.61. The van der Waals surface area contributed by atoms with Crippen molar-refractivity contribution in [3.63, 3.8) is 0 Å². The predicted molar refractivity (Wildman–Crippen MR) is 96.0 cm³/mol. The van der Waals surface area contributed by atoms with Gasteiger partial charge in [-0.2, -0.15) is 0 Å². The van der Waals surface area contributed by atoms with Crippen LogP contribution in [0.1, 0.15) is 31.7 Å². The SMILES string of the molecule is CCCN(Cc1ccc([Si](C)(C)C)cc1)C1CCNCC1. The van der Waals surface area contributed by atoms with Crippen LogP contribution in [0, 0.1) is 0 Å². The molecule has 0 saturated carbocycles. The maximum atomic E-state index is 3.48. The van der Waals surface area contributed by atoms with Gasteiger partial charge in [0, 0.05) is 12.6 Å². The average Bonchev–Trinajstić information content (AvgIpc) is 2.47. The van der Waals surface area contributed by atoms with Crippen molar-refractivity contribution in [2.75, 3.05) is 19.6 Å². The second-order valence-electron chi connectivity index (χ2n) is 7.40. The molecule has 3 heteroatoms. The molecule has 1 aliphatic heterocycles. The molecule has 0 spiro atoms. The fourth-order valence-corrected chi connectivity index (χ4v) is 4.36. The number of benzene rings is 1. The van der Waals surface area contributed by atoms with E-state index in [-0.39, 0.29) is 0 Å². The Hall–Kier alpha value is -0.643. The van der Waals surface area contributed by atoms with Crippen molar-refractivity contribution in [1.82, 2.24) is 10.2 Å². The van der Waals surface area contributed by atoms with Crippen molar-refractivity contribution in [1.29, 1.82) is 0 Å². The summed E-state index contributed by atoms with van der Waals surface area (Å²) in [5, 5.41) is 5.04. The molecule has 1 N–H and O–H groups in total. The van der Waals surface area contributed by atoms with Gasteiger partial charge in [-0.3, -0.25) is 4.90 Å². The first kappa shape index (κ1) is 16.7. The molecule has 2 nitrogen and oxygen atoms in total. The standard InChI is InChI=1S/C18H32N2Si/c1-5-14-20(17-10-12-19-13-11-17)15-16-6-8-18(9-7-16)21(2,3)4/h6-9,17,19H,5,10-15H2,1-4H3. The number of nitrogens with one attached hydrogen (secondary N) is 1. The second kappa shape index (κ2) is 7.57. The van der Waals surface area contributed by atoms with Crippen molar-refractivity contribution in [2.45, 2.75) is 58.4 Å². The smallest absolute Gasteiger partial charge is 0.0775 e. The maximum absolute atomic E-state index is 3.48. The zero-order chi connectivity index (χ0) is 15.3. The van der Waals surface area contributed by atoms with Crippen molar-refractivity contribution < 1.29 is 0 Å². The molecule has 0 bridgehead atoms. The minimum atomic E-state index is -1.17. The quantitative estimate of drug-likeness (QED) is 0.812. The third-order valence-electron chi connectivity index (χ3n) is 4.54. The van der Waals surface area contributed by atoms with Crippen LogP contribution < -0.4 is 10.5 Å². The topological polar surface area (TPSA) is 15.3 Å². The van der Waals surface area contributed by atoms with Gasteiger partial charge in [0.2, 0.25) is 0 Å². The van der Waals surface area contributed by atoms with Crippen molar-refractivity contribution in [3.05, 3.63) is 29.8 Å². The highest BCUT2D eigenvalue weighted by Gasteiger charge is 2.21. The lowest BCUT2D eigenvalue weighted by atomic mass is 10.0. The molecule has 1 aromatic carbocycles. The molecule has 1 aromatic rings. The molecule has 0 atom stereocenters. The fraction of sp³-hybridized carbons (Fsp3) is 0.667. The van der Waals surface area contributed by atoms with E-state index in [4.69, 9.17) is 0 Å². The van der Waals surface area contributed by atoms with Crippen LogP contribution in [0.3, 0.4) is 0 Å². The van der Waals surface area contributed by atoms with E-state index in [1.165, 1.54) is 44.5 Å². The number of rotatable bonds is 6. The van der Waals surface area contributed by atoms with E-state index in [0.29, 0.717) is 0 Å². The van der Waals surface area contributed by atoms with E-state index >= 15 is 0 Å². The van der Waals surface area contributed by atoms with Gasteiger partial charge < -0.3 is 5.32 Å². The summed E-state index contributed by atoms with van der Waals surface area (Å²) in [4.78, 5) is 2.70. The molecular formula is C18H32N2Si. The highest BCUT2D eigenvalue weighted by Crippen LogP contribution is 2.16. The van der Waals surface area contributed by atoms with E-state index in [1.807, 2.05) is 0 Å². The Morgan fingerprint density at radius 1 is 1.10 bits per heavy atom. The highest BCUT2D eigenvalue weighted by atomic mass is 28.3. The van der Waals surface area contributed by atoms with Crippen LogP contribution in [0.15, 0.2) is 24.3 Å². The van der Waals surface area contributed by atoms with Crippen molar-refractivity contribution in [3.8, 4) is 0 Å². The van der Waals surface area contributed by atoms with Crippen molar-refractivity contribution in [2.24, 2.45) is 0 Å². The van der Waals surface area contributed by atoms with Gasteiger partial charge in [0.15, 0.2) is 0 Å². The molecule has 1 saturated heterocycles. The Morgan fingerprint density at radius 3 is 2.24 bits per heavy atom. The number of piperidine rings is 1. The van der Waals surface area contributed by atoms with E-state index in [2.05, 4.69) is 61.0 Å². The fourth-order valence-electron chi connectivity index (χ4n) is 3.19. The van der Waals surface area contributed by atoms with Gasteiger partial charge >= 0.3 is 0 Å². The Labute approximate surface area is 131 Å². The molecule has 1 aliphatic rings. The van der Waals surface area contributed by atoms with Gasteiger partial charge in [0.1, 0.15) is 0 Å². The Bertz CT molecular complexity index is 416. The monoisotopic (exact) mass is 304 g/mol. The summed E-state index contributed by atoms with van der Waals surface area (Å²) in [6.45, 7) is 14.2. The largest absolute Gasteiger partial charge is 0.317 e. The van der Waals surface area contributed by atoms with E-state index < -0.39 is 8.07 Å². The second-order valence-corrected chi connectivity index (χ2v) is 12.5. The predicted octanol–water partition coefficient (Wildman–Crippen LogP) is 3.20. The minimum Gasteiger partial charge on any atom is -0.317 e. The van der Waals surface area contributed by atoms with Crippen LogP contribution in [0.2, 0.25) is 19.6 Å². The number of nitrogens with zero attached hydrogens (tertiary/aromatic N) is 1. The summed E-state index contributed by atoms with van der Waals surface area (Å²) in [7, 11) is -1.17. The van der Waals surface area contributed by atoms with Gasteiger partial charge in [-0.15, -0.1) is 0 Å². The summed E-state index contributed by atoms with van der Waals surface area (Å²) in [6, 6.07) is 10.2. The zero-order valence-electron chi connectivity index (χ0n) is 14.3. The van der Waals surface area contributed by atoms with Gasteiger partial charge in [0.25, 0.3) is 0 Å². The van der Waals surface area contributed by atoms with Crippen LogP contribution >= 0.6 is 0 Å². The molecule has 0 aliphatic carbocycles. The van der Waals surface area contributed by atoms with Crippen LogP contribution in [-0.2, 0) is 6.54 Å². The maximum Gasteiger partial charge on any atom is 0.0775 e. The lowest BCUT2D eigenvalue weighted by Crippen LogP contribution is -2.43. The van der Waals surface area contributed by atoms with Crippen LogP contribution in [0.5, 0.6) is 0 Å². The summed E-state index contributed by atoms with van der Waals surface area (Å²) in [6.07, 6.45) is 3.84. The molecule has 0 radical (unpaired) electrons. The Kier molecular flexibility index (Phi) is 6.03. The van der Waals surface area contributed by atoms with Gasteiger partial charge in [-0.05, 0) is 44.5 Å². The molecule has 2 rings (SSSR count). The summed E-state index contributed by atoms with van der Waals surface area (Å²) in [5.74, 6) is 0. The molecule has 0 unspecified atom stereocenters. The first-order valence-electron chi connectivity index (χ1n) is 8.55. The molecule has 1 heterocycles. The number of hydrogen-bond donors (Lipinski definition) is 1. The van der Waals surface area contributed by atoms with Gasteiger partial charge in [-0.1, -0.05) is 56.0 Å². The molecule has 0 aromatic heterocycles. The molecule has 1 fully saturated rings. The summed E-state index contributed by atoms with van der Waals surface area (Å²) < 4.78 is 0. The third kappa shape index (κ3) is 4.94. The summed E-state index contributed by atoms with van der Waals surface area (Å²) >= 11 is 0. The Morgan fingerprint density at radius 2 is 1.71 bits per heavy atom. The van der Waals surface area contributed by atoms with Crippen molar-refractivity contribution >= 4 is 13.3 Å². The first-order valence-corrected chi connectivity index (χ1v) is 12.0. The molecule has 21 heavy (non-hydrogen) atoms. The highest BCUT2D eigenvalue weighted by molar-refractivity contribution is 6.88. The normalized spacial score (nSPS) is 17.4. The molecule has 0 amide bonds. The number of hydrogen-bond acceptors (Lipinski definition) is 2. The minimum absolute atomic E-state index is 0.767. The van der Waals surface area contributed by atoms with E-state index in [9.17, 15) is 0 Å².